The molecule has 0 bridgehead atoms. The van der Waals surface area contributed by atoms with E-state index in [1.165, 1.54) is 24.0 Å². The number of rotatable bonds is 5. The summed E-state index contributed by atoms with van der Waals surface area (Å²) in [6.07, 6.45) is 4.47. The molecule has 3 aliphatic rings. The summed E-state index contributed by atoms with van der Waals surface area (Å²) in [5.41, 5.74) is 2.29. The van der Waals surface area contributed by atoms with Gasteiger partial charge in [0.15, 0.2) is 0 Å². The number of carbonyl (C=O) groups is 2. The van der Waals surface area contributed by atoms with Gasteiger partial charge in [-0.3, -0.25) is 14.5 Å². The SMILES string of the molecule is Cc1cccc(C(C)N2CCN(C(=O)CNC(=O)C3(C)CC(C)CC4CC4C3)CC2)c1. The number of fused-ring (bicyclic) bond motifs is 1. The van der Waals surface area contributed by atoms with E-state index in [4.69, 9.17) is 0 Å². The second-order valence-electron chi connectivity index (χ2n) is 10.8. The van der Waals surface area contributed by atoms with E-state index in [1.807, 2.05) is 4.90 Å². The number of aryl methyl sites for hydroxylation is 1. The topological polar surface area (TPSA) is 52.6 Å². The quantitative estimate of drug-likeness (QED) is 0.781. The molecule has 170 valence electrons. The third kappa shape index (κ3) is 5.14. The van der Waals surface area contributed by atoms with Gasteiger partial charge in [0, 0.05) is 37.6 Å². The van der Waals surface area contributed by atoms with Gasteiger partial charge in [-0.1, -0.05) is 43.7 Å². The van der Waals surface area contributed by atoms with Crippen LogP contribution in [0.4, 0.5) is 0 Å². The lowest BCUT2D eigenvalue weighted by Crippen LogP contribution is -2.52. The number of hydrogen-bond acceptors (Lipinski definition) is 3. The summed E-state index contributed by atoms with van der Waals surface area (Å²) in [6, 6.07) is 9.02. The van der Waals surface area contributed by atoms with Crippen LogP contribution in [0, 0.1) is 30.1 Å². The zero-order valence-corrected chi connectivity index (χ0v) is 19.7. The number of hydrogen-bond donors (Lipinski definition) is 1. The van der Waals surface area contributed by atoms with Gasteiger partial charge in [0.2, 0.25) is 11.8 Å². The second kappa shape index (κ2) is 8.93. The third-order valence-corrected chi connectivity index (χ3v) is 7.97. The molecule has 2 aliphatic carbocycles. The second-order valence-corrected chi connectivity index (χ2v) is 10.8. The van der Waals surface area contributed by atoms with Crippen molar-refractivity contribution in [3.8, 4) is 0 Å². The van der Waals surface area contributed by atoms with Crippen molar-refractivity contribution < 1.29 is 9.59 Å². The zero-order valence-electron chi connectivity index (χ0n) is 19.7. The Balaban J connectivity index is 1.25. The number of carbonyl (C=O) groups excluding carboxylic acids is 2. The molecule has 1 heterocycles. The van der Waals surface area contributed by atoms with E-state index in [2.05, 4.69) is 62.2 Å². The monoisotopic (exact) mass is 425 g/mol. The van der Waals surface area contributed by atoms with E-state index >= 15 is 0 Å². The molecular weight excluding hydrogens is 386 g/mol. The predicted octanol–water partition coefficient (Wildman–Crippen LogP) is 3.78. The van der Waals surface area contributed by atoms with Crippen molar-refractivity contribution in [2.75, 3.05) is 32.7 Å². The van der Waals surface area contributed by atoms with Gasteiger partial charge in [0.05, 0.1) is 6.54 Å². The van der Waals surface area contributed by atoms with Crippen LogP contribution in [-0.4, -0.2) is 54.3 Å². The van der Waals surface area contributed by atoms with E-state index in [-0.39, 0.29) is 23.8 Å². The van der Waals surface area contributed by atoms with Crippen LogP contribution in [0.1, 0.15) is 63.6 Å². The van der Waals surface area contributed by atoms with Crippen molar-refractivity contribution in [1.82, 2.24) is 15.1 Å². The van der Waals surface area contributed by atoms with Gasteiger partial charge in [-0.05, 0) is 62.8 Å². The lowest BCUT2D eigenvalue weighted by atomic mass is 9.77. The highest BCUT2D eigenvalue weighted by atomic mass is 16.2. The Kier molecular flexibility index (Phi) is 6.43. The number of amides is 2. The van der Waals surface area contributed by atoms with Crippen LogP contribution < -0.4 is 5.32 Å². The van der Waals surface area contributed by atoms with Gasteiger partial charge >= 0.3 is 0 Å². The minimum atomic E-state index is -0.322. The minimum Gasteiger partial charge on any atom is -0.347 e. The normalized spacial score (nSPS) is 32.0. The molecule has 2 amide bonds. The molecule has 0 radical (unpaired) electrons. The first kappa shape index (κ1) is 22.3. The van der Waals surface area contributed by atoms with Gasteiger partial charge < -0.3 is 10.2 Å². The number of piperazine rings is 1. The summed E-state index contributed by atoms with van der Waals surface area (Å²) in [4.78, 5) is 30.1. The first-order chi connectivity index (χ1) is 14.7. The molecule has 5 heteroatoms. The highest BCUT2D eigenvalue weighted by Crippen LogP contribution is 2.55. The highest BCUT2D eigenvalue weighted by molar-refractivity contribution is 5.87. The standard InChI is InChI=1S/C26H39N3O2/c1-18-6-5-7-21(12-18)20(3)28-8-10-29(11-9-28)24(30)17-27-25(31)26(4)15-19(2)13-22-14-23(22)16-26/h5-7,12,19-20,22-23H,8-11,13-17H2,1-4H3,(H,27,31). The molecule has 1 N–H and O–H groups in total. The summed E-state index contributed by atoms with van der Waals surface area (Å²) < 4.78 is 0. The lowest BCUT2D eigenvalue weighted by Gasteiger charge is -2.38. The van der Waals surface area contributed by atoms with Crippen molar-refractivity contribution >= 4 is 11.8 Å². The molecular formula is C26H39N3O2. The van der Waals surface area contributed by atoms with Gasteiger partial charge in [-0.15, -0.1) is 0 Å². The smallest absolute Gasteiger partial charge is 0.242 e. The molecule has 5 atom stereocenters. The van der Waals surface area contributed by atoms with Gasteiger partial charge in [0.1, 0.15) is 0 Å². The molecule has 5 unspecified atom stereocenters. The summed E-state index contributed by atoms with van der Waals surface area (Å²) >= 11 is 0. The number of benzene rings is 1. The maximum atomic E-state index is 13.0. The molecule has 1 aliphatic heterocycles. The Morgan fingerprint density at radius 2 is 1.87 bits per heavy atom. The average molecular weight is 426 g/mol. The van der Waals surface area contributed by atoms with Gasteiger partial charge in [-0.2, -0.15) is 0 Å². The van der Waals surface area contributed by atoms with Crippen LogP contribution in [0.3, 0.4) is 0 Å². The van der Waals surface area contributed by atoms with Crippen molar-refractivity contribution in [3.05, 3.63) is 35.4 Å². The molecule has 3 fully saturated rings. The molecule has 0 spiro atoms. The van der Waals surface area contributed by atoms with Crippen LogP contribution in [0.2, 0.25) is 0 Å². The Bertz CT molecular complexity index is 813. The fraction of sp³-hybridized carbons (Fsp3) is 0.692. The van der Waals surface area contributed by atoms with Gasteiger partial charge in [0.25, 0.3) is 0 Å². The summed E-state index contributed by atoms with van der Waals surface area (Å²) in [6.45, 7) is 12.1. The maximum absolute atomic E-state index is 13.0. The Morgan fingerprint density at radius 3 is 2.58 bits per heavy atom. The van der Waals surface area contributed by atoms with Crippen LogP contribution in [0.5, 0.6) is 0 Å². The Hall–Kier alpha value is -1.88. The summed E-state index contributed by atoms with van der Waals surface area (Å²) in [5.74, 6) is 2.27. The molecule has 31 heavy (non-hydrogen) atoms. The highest BCUT2D eigenvalue weighted by Gasteiger charge is 2.49. The largest absolute Gasteiger partial charge is 0.347 e. The van der Waals surface area contributed by atoms with E-state index in [0.29, 0.717) is 12.0 Å². The van der Waals surface area contributed by atoms with E-state index < -0.39 is 0 Å². The van der Waals surface area contributed by atoms with E-state index in [9.17, 15) is 9.59 Å². The Morgan fingerprint density at radius 1 is 1.13 bits per heavy atom. The van der Waals surface area contributed by atoms with Crippen molar-refractivity contribution in [1.29, 1.82) is 0 Å². The lowest BCUT2D eigenvalue weighted by molar-refractivity contribution is -0.137. The fourth-order valence-corrected chi connectivity index (χ4v) is 6.05. The summed E-state index contributed by atoms with van der Waals surface area (Å²) in [7, 11) is 0. The van der Waals surface area contributed by atoms with Gasteiger partial charge in [-0.25, -0.2) is 0 Å². The minimum absolute atomic E-state index is 0.0470. The molecule has 5 nitrogen and oxygen atoms in total. The molecule has 2 saturated carbocycles. The maximum Gasteiger partial charge on any atom is 0.242 e. The van der Waals surface area contributed by atoms with E-state index in [1.54, 1.807) is 0 Å². The van der Waals surface area contributed by atoms with Crippen LogP contribution in [0.25, 0.3) is 0 Å². The molecule has 0 aromatic heterocycles. The molecule has 1 saturated heterocycles. The van der Waals surface area contributed by atoms with E-state index in [0.717, 1.165) is 50.9 Å². The van der Waals surface area contributed by atoms with Crippen molar-refractivity contribution in [2.24, 2.45) is 23.2 Å². The van der Waals surface area contributed by atoms with Crippen molar-refractivity contribution in [3.63, 3.8) is 0 Å². The molecule has 1 aromatic carbocycles. The first-order valence-corrected chi connectivity index (χ1v) is 12.1. The third-order valence-electron chi connectivity index (χ3n) is 7.97. The number of nitrogens with one attached hydrogen (secondary N) is 1. The fourth-order valence-electron chi connectivity index (χ4n) is 6.05. The zero-order chi connectivity index (χ0) is 22.2. The average Bonchev–Trinajstić information content (AvgIpc) is 3.48. The Labute approximate surface area is 187 Å². The predicted molar refractivity (Wildman–Crippen MR) is 123 cm³/mol. The van der Waals surface area contributed by atoms with Crippen molar-refractivity contribution in [2.45, 2.75) is 59.4 Å². The molecule has 1 aromatic rings. The summed E-state index contributed by atoms with van der Waals surface area (Å²) in [5, 5.41) is 3.00. The van der Waals surface area contributed by atoms with Crippen LogP contribution in [-0.2, 0) is 9.59 Å². The van der Waals surface area contributed by atoms with Crippen LogP contribution in [0.15, 0.2) is 24.3 Å². The van der Waals surface area contributed by atoms with Crippen LogP contribution >= 0.6 is 0 Å². The molecule has 4 rings (SSSR count). The first-order valence-electron chi connectivity index (χ1n) is 12.1. The number of nitrogens with zero attached hydrogens (tertiary/aromatic N) is 2.